The number of rotatable bonds is 7. The predicted molar refractivity (Wildman–Crippen MR) is 89.5 cm³/mol. The van der Waals surface area contributed by atoms with Crippen molar-refractivity contribution in [2.75, 3.05) is 6.54 Å². The topological polar surface area (TPSA) is 66.4 Å². The number of carboxylic acids is 1. The van der Waals surface area contributed by atoms with Crippen LogP contribution in [0, 0.1) is 5.82 Å². The molecule has 2 aromatic rings. The summed E-state index contributed by atoms with van der Waals surface area (Å²) >= 11 is 0. The smallest absolute Gasteiger partial charge is 0.335 e. The van der Waals surface area contributed by atoms with Gasteiger partial charge in [0.15, 0.2) is 0 Å². The summed E-state index contributed by atoms with van der Waals surface area (Å²) in [5.74, 6) is -1.41. The van der Waals surface area contributed by atoms with Gasteiger partial charge in [-0.1, -0.05) is 31.2 Å². The Bertz CT molecular complexity index is 713. The normalized spacial score (nSPS) is 11.8. The summed E-state index contributed by atoms with van der Waals surface area (Å²) < 4.78 is 13.2. The first kappa shape index (κ1) is 17.7. The molecule has 24 heavy (non-hydrogen) atoms. The molecule has 0 radical (unpaired) electrons. The van der Waals surface area contributed by atoms with Crippen molar-refractivity contribution in [3.63, 3.8) is 0 Å². The third kappa shape index (κ3) is 5.19. The molecule has 1 atom stereocenters. The summed E-state index contributed by atoms with van der Waals surface area (Å²) in [4.78, 5) is 22.7. The highest BCUT2D eigenvalue weighted by molar-refractivity contribution is 5.87. The van der Waals surface area contributed by atoms with Gasteiger partial charge in [-0.05, 0) is 47.7 Å². The highest BCUT2D eigenvalue weighted by Gasteiger charge is 2.11. The van der Waals surface area contributed by atoms with Crippen molar-refractivity contribution in [1.82, 2.24) is 5.32 Å². The fourth-order valence-electron chi connectivity index (χ4n) is 2.44. The summed E-state index contributed by atoms with van der Waals surface area (Å²) in [6.45, 7) is 2.36. The first-order valence-corrected chi connectivity index (χ1v) is 7.80. The molecule has 0 aliphatic carbocycles. The third-order valence-electron chi connectivity index (χ3n) is 3.85. The van der Waals surface area contributed by atoms with E-state index in [-0.39, 0.29) is 23.2 Å². The number of aromatic carboxylic acids is 1. The Labute approximate surface area is 140 Å². The van der Waals surface area contributed by atoms with E-state index in [0.717, 1.165) is 11.1 Å². The Balaban J connectivity index is 1.77. The van der Waals surface area contributed by atoms with Crippen molar-refractivity contribution in [1.29, 1.82) is 0 Å². The van der Waals surface area contributed by atoms with E-state index in [1.807, 2.05) is 13.0 Å². The molecule has 5 heteroatoms. The van der Waals surface area contributed by atoms with Gasteiger partial charge >= 0.3 is 5.97 Å². The van der Waals surface area contributed by atoms with Gasteiger partial charge in [-0.2, -0.15) is 0 Å². The van der Waals surface area contributed by atoms with Crippen LogP contribution in [0.5, 0.6) is 0 Å². The van der Waals surface area contributed by atoms with Gasteiger partial charge in [-0.25, -0.2) is 9.18 Å². The van der Waals surface area contributed by atoms with Gasteiger partial charge in [0.05, 0.1) is 5.56 Å². The van der Waals surface area contributed by atoms with Gasteiger partial charge in [0, 0.05) is 13.0 Å². The molecule has 0 fully saturated rings. The van der Waals surface area contributed by atoms with Gasteiger partial charge in [0.1, 0.15) is 5.82 Å². The molecule has 1 unspecified atom stereocenters. The van der Waals surface area contributed by atoms with E-state index in [1.54, 1.807) is 30.3 Å². The molecule has 0 saturated carbocycles. The molecule has 2 aromatic carbocycles. The highest BCUT2D eigenvalue weighted by Crippen LogP contribution is 2.19. The molecule has 0 spiro atoms. The highest BCUT2D eigenvalue weighted by atomic mass is 19.1. The minimum absolute atomic E-state index is 0.0597. The van der Waals surface area contributed by atoms with E-state index >= 15 is 0 Å². The molecule has 2 rings (SSSR count). The number of carbonyl (C=O) groups excluding carboxylic acids is 1. The maximum absolute atomic E-state index is 13.2. The predicted octanol–water partition coefficient (Wildman–Crippen LogP) is 3.38. The first-order chi connectivity index (χ1) is 11.5. The van der Waals surface area contributed by atoms with Crippen LogP contribution in [0.25, 0.3) is 0 Å². The Hall–Kier alpha value is -2.69. The van der Waals surface area contributed by atoms with Crippen molar-refractivity contribution < 1.29 is 19.1 Å². The van der Waals surface area contributed by atoms with Crippen LogP contribution in [-0.4, -0.2) is 23.5 Å². The summed E-state index contributed by atoms with van der Waals surface area (Å²) in [7, 11) is 0. The molecule has 0 aliphatic heterocycles. The number of benzene rings is 2. The number of nitrogens with one attached hydrogen (secondary N) is 1. The maximum Gasteiger partial charge on any atom is 0.335 e. The molecule has 4 nitrogen and oxygen atoms in total. The molecule has 0 heterocycles. The standard InChI is InChI=1S/C19H20FNO3/c1-13(16-3-2-4-17(20)12-16)11-18(22)21-10-9-14-5-7-15(8-6-14)19(23)24/h2-8,12-13H,9-11H2,1H3,(H,21,22)(H,23,24). The summed E-state index contributed by atoms with van der Waals surface area (Å²) in [6, 6.07) is 12.9. The number of carboxylic acid groups (broad SMARTS) is 1. The van der Waals surface area contributed by atoms with Gasteiger partial charge < -0.3 is 10.4 Å². The number of amides is 1. The van der Waals surface area contributed by atoms with Crippen molar-refractivity contribution in [3.05, 3.63) is 71.0 Å². The number of hydrogen-bond acceptors (Lipinski definition) is 2. The fraction of sp³-hybridized carbons (Fsp3) is 0.263. The molecule has 0 aromatic heterocycles. The zero-order valence-electron chi connectivity index (χ0n) is 13.5. The number of hydrogen-bond donors (Lipinski definition) is 2. The molecule has 1 amide bonds. The zero-order valence-corrected chi connectivity index (χ0v) is 13.5. The molecule has 126 valence electrons. The van der Waals surface area contributed by atoms with Crippen LogP contribution in [0.3, 0.4) is 0 Å². The monoisotopic (exact) mass is 329 g/mol. The van der Waals surface area contributed by atoms with E-state index in [4.69, 9.17) is 5.11 Å². The lowest BCUT2D eigenvalue weighted by molar-refractivity contribution is -0.121. The van der Waals surface area contributed by atoms with Crippen LogP contribution in [0.2, 0.25) is 0 Å². The lowest BCUT2D eigenvalue weighted by atomic mass is 9.97. The Morgan fingerprint density at radius 3 is 2.50 bits per heavy atom. The molecular formula is C19H20FNO3. The Kier molecular flexibility index (Phi) is 6.07. The van der Waals surface area contributed by atoms with E-state index in [9.17, 15) is 14.0 Å². The Morgan fingerprint density at radius 1 is 1.17 bits per heavy atom. The van der Waals surface area contributed by atoms with E-state index in [0.29, 0.717) is 19.4 Å². The van der Waals surface area contributed by atoms with Crippen LogP contribution >= 0.6 is 0 Å². The number of halogens is 1. The van der Waals surface area contributed by atoms with Crippen LogP contribution in [-0.2, 0) is 11.2 Å². The molecular weight excluding hydrogens is 309 g/mol. The van der Waals surface area contributed by atoms with Crippen molar-refractivity contribution in [2.24, 2.45) is 0 Å². The van der Waals surface area contributed by atoms with Crippen LogP contribution in [0.4, 0.5) is 4.39 Å². The summed E-state index contributed by atoms with van der Waals surface area (Å²) in [5.41, 5.74) is 2.00. The largest absolute Gasteiger partial charge is 0.478 e. The fourth-order valence-corrected chi connectivity index (χ4v) is 2.44. The minimum atomic E-state index is -0.957. The van der Waals surface area contributed by atoms with Crippen LogP contribution in [0.1, 0.15) is 40.7 Å². The molecule has 2 N–H and O–H groups in total. The van der Waals surface area contributed by atoms with Crippen molar-refractivity contribution in [2.45, 2.75) is 25.7 Å². The Morgan fingerprint density at radius 2 is 1.88 bits per heavy atom. The SMILES string of the molecule is CC(CC(=O)NCCc1ccc(C(=O)O)cc1)c1cccc(F)c1. The summed E-state index contributed by atoms with van der Waals surface area (Å²) in [5, 5.41) is 11.7. The molecule has 0 aliphatic rings. The summed E-state index contributed by atoms with van der Waals surface area (Å²) in [6.07, 6.45) is 0.918. The van der Waals surface area contributed by atoms with Crippen LogP contribution < -0.4 is 5.32 Å². The van der Waals surface area contributed by atoms with Crippen molar-refractivity contribution >= 4 is 11.9 Å². The van der Waals surface area contributed by atoms with Crippen molar-refractivity contribution in [3.8, 4) is 0 Å². The third-order valence-corrected chi connectivity index (χ3v) is 3.85. The molecule has 0 saturated heterocycles. The average Bonchev–Trinajstić information content (AvgIpc) is 2.55. The maximum atomic E-state index is 13.2. The van der Waals surface area contributed by atoms with E-state index in [1.165, 1.54) is 12.1 Å². The van der Waals surface area contributed by atoms with E-state index < -0.39 is 5.97 Å². The second-order valence-corrected chi connectivity index (χ2v) is 5.76. The van der Waals surface area contributed by atoms with Gasteiger partial charge in [0.25, 0.3) is 0 Å². The molecule has 0 bridgehead atoms. The second-order valence-electron chi connectivity index (χ2n) is 5.76. The second kappa shape index (κ2) is 8.24. The first-order valence-electron chi connectivity index (χ1n) is 7.80. The lowest BCUT2D eigenvalue weighted by Crippen LogP contribution is -2.26. The van der Waals surface area contributed by atoms with Gasteiger partial charge in [0.2, 0.25) is 5.91 Å². The average molecular weight is 329 g/mol. The van der Waals surface area contributed by atoms with Gasteiger partial charge in [-0.3, -0.25) is 4.79 Å². The van der Waals surface area contributed by atoms with E-state index in [2.05, 4.69) is 5.32 Å². The quantitative estimate of drug-likeness (QED) is 0.818. The number of carbonyl (C=O) groups is 2. The lowest BCUT2D eigenvalue weighted by Gasteiger charge is -2.12. The van der Waals surface area contributed by atoms with Crippen LogP contribution in [0.15, 0.2) is 48.5 Å². The van der Waals surface area contributed by atoms with Gasteiger partial charge in [-0.15, -0.1) is 0 Å². The minimum Gasteiger partial charge on any atom is -0.478 e. The zero-order chi connectivity index (χ0) is 17.5.